The van der Waals surface area contributed by atoms with E-state index in [0.717, 1.165) is 0 Å². The van der Waals surface area contributed by atoms with Crippen molar-refractivity contribution in [1.82, 2.24) is 0 Å². The van der Waals surface area contributed by atoms with Crippen LogP contribution in [0.5, 0.6) is 0 Å². The van der Waals surface area contributed by atoms with E-state index in [1.54, 1.807) is 30.3 Å². The van der Waals surface area contributed by atoms with Gasteiger partial charge in [-0.1, -0.05) is 50.0 Å². The molecule has 0 heterocycles. The van der Waals surface area contributed by atoms with Crippen LogP contribution in [0.2, 0.25) is 19.6 Å². The minimum absolute atomic E-state index is 0.209. The van der Waals surface area contributed by atoms with Crippen molar-refractivity contribution >= 4 is 14.0 Å². The highest BCUT2D eigenvalue weighted by Crippen LogP contribution is 2.03. The van der Waals surface area contributed by atoms with Crippen LogP contribution < -0.4 is 0 Å². The second-order valence-corrected chi connectivity index (χ2v) is 10.8. The summed E-state index contributed by atoms with van der Waals surface area (Å²) in [7, 11) is -1.36. The molecule has 0 spiro atoms. The lowest BCUT2D eigenvalue weighted by molar-refractivity contribution is 0.0549. The van der Waals surface area contributed by atoms with Crippen molar-refractivity contribution in [1.29, 1.82) is 0 Å². The predicted octanol–water partition coefficient (Wildman–Crippen LogP) is 3.42. The van der Waals surface area contributed by atoms with Gasteiger partial charge in [-0.15, -0.1) is 11.5 Å². The van der Waals surface area contributed by atoms with Gasteiger partial charge in [0.1, 0.15) is 14.7 Å². The number of carbonyl (C=O) groups is 1. The van der Waals surface area contributed by atoms with Gasteiger partial charge >= 0.3 is 5.97 Å². The van der Waals surface area contributed by atoms with E-state index in [0.29, 0.717) is 18.4 Å². The maximum absolute atomic E-state index is 11.7. The Labute approximate surface area is 134 Å². The third-order valence-corrected chi connectivity index (χ3v) is 3.62. The molecule has 1 N–H and O–H groups in total. The minimum atomic E-state index is -1.36. The van der Waals surface area contributed by atoms with Crippen LogP contribution in [0.3, 0.4) is 0 Å². The molecule has 0 aliphatic carbocycles. The third-order valence-electron chi connectivity index (χ3n) is 2.70. The van der Waals surface area contributed by atoms with Crippen molar-refractivity contribution in [2.75, 3.05) is 6.61 Å². The zero-order valence-corrected chi connectivity index (χ0v) is 14.5. The van der Waals surface area contributed by atoms with Crippen molar-refractivity contribution < 1.29 is 14.6 Å². The summed E-state index contributed by atoms with van der Waals surface area (Å²) < 4.78 is 5.11. The van der Waals surface area contributed by atoms with Gasteiger partial charge in [-0.05, 0) is 18.6 Å². The van der Waals surface area contributed by atoms with Crippen LogP contribution in [0, 0.1) is 11.5 Å². The molecule has 1 aromatic rings. The zero-order chi connectivity index (χ0) is 16.4. The van der Waals surface area contributed by atoms with Gasteiger partial charge in [-0.3, -0.25) is 0 Å². The number of aliphatic hydroxyl groups is 1. The molecule has 1 atom stereocenters. The number of esters is 1. The van der Waals surface area contributed by atoms with E-state index in [1.807, 2.05) is 12.1 Å². The molecule has 0 amide bonds. The fraction of sp³-hybridized carbons (Fsp3) is 0.389. The standard InChI is InChI=1S/C18H24O3Si/c1-22(2,3)15-9-13-17(19)12-7-8-14-21-18(20)16-10-5-4-6-11-16/h4-8,10-11,17,19H,12-14H2,1-3H3/b8-7+/t17-/m0/s1. The first-order valence-corrected chi connectivity index (χ1v) is 10.9. The summed E-state index contributed by atoms with van der Waals surface area (Å²) in [6, 6.07) is 8.87. The molecule has 1 aromatic carbocycles. The Morgan fingerprint density at radius 3 is 2.59 bits per heavy atom. The molecule has 1 rings (SSSR count). The summed E-state index contributed by atoms with van der Waals surface area (Å²) in [5, 5.41) is 9.79. The molecule has 0 unspecified atom stereocenters. The fourth-order valence-corrected chi connectivity index (χ4v) is 2.25. The molecule has 4 heteroatoms. The van der Waals surface area contributed by atoms with Gasteiger partial charge in [0.15, 0.2) is 0 Å². The molecule has 0 aliphatic heterocycles. The van der Waals surface area contributed by atoms with Crippen LogP contribution in [0.4, 0.5) is 0 Å². The first-order chi connectivity index (χ1) is 10.4. The smallest absolute Gasteiger partial charge is 0.338 e. The molecule has 22 heavy (non-hydrogen) atoms. The number of hydrogen-bond acceptors (Lipinski definition) is 3. The average Bonchev–Trinajstić information content (AvgIpc) is 2.46. The van der Waals surface area contributed by atoms with Crippen LogP contribution in [-0.4, -0.2) is 31.9 Å². The van der Waals surface area contributed by atoms with Gasteiger partial charge in [0.05, 0.1) is 11.7 Å². The largest absolute Gasteiger partial charge is 0.458 e. The summed E-state index contributed by atoms with van der Waals surface area (Å²) in [6.07, 6.45) is 4.10. The van der Waals surface area contributed by atoms with Crippen molar-refractivity contribution in [3.63, 3.8) is 0 Å². The average molecular weight is 316 g/mol. The number of hydrogen-bond donors (Lipinski definition) is 1. The lowest BCUT2D eigenvalue weighted by Gasteiger charge is -2.05. The maximum atomic E-state index is 11.7. The number of rotatable bonds is 6. The van der Waals surface area contributed by atoms with E-state index < -0.39 is 14.2 Å². The SMILES string of the molecule is C[Si](C)(C)C#CC[C@@H](O)C/C=C/COC(=O)c1ccccc1. The summed E-state index contributed by atoms with van der Waals surface area (Å²) in [4.78, 5) is 11.7. The quantitative estimate of drug-likeness (QED) is 0.378. The molecule has 0 aromatic heterocycles. The van der Waals surface area contributed by atoms with Crippen LogP contribution in [0.15, 0.2) is 42.5 Å². The number of carbonyl (C=O) groups excluding carboxylic acids is 1. The van der Waals surface area contributed by atoms with Gasteiger partial charge in [0, 0.05) is 6.42 Å². The van der Waals surface area contributed by atoms with E-state index >= 15 is 0 Å². The van der Waals surface area contributed by atoms with E-state index in [2.05, 4.69) is 31.1 Å². The van der Waals surface area contributed by atoms with Crippen molar-refractivity contribution in [3.05, 3.63) is 48.0 Å². The Hall–Kier alpha value is -1.83. The zero-order valence-electron chi connectivity index (χ0n) is 13.5. The first kappa shape index (κ1) is 18.2. The van der Waals surface area contributed by atoms with E-state index in [-0.39, 0.29) is 12.6 Å². The summed E-state index contributed by atoms with van der Waals surface area (Å²) >= 11 is 0. The number of benzene rings is 1. The topological polar surface area (TPSA) is 46.5 Å². The summed E-state index contributed by atoms with van der Waals surface area (Å²) in [5.41, 5.74) is 3.76. The Morgan fingerprint density at radius 2 is 1.95 bits per heavy atom. The lowest BCUT2D eigenvalue weighted by atomic mass is 10.2. The Balaban J connectivity index is 2.23. The normalized spacial score (nSPS) is 12.5. The van der Waals surface area contributed by atoms with E-state index in [9.17, 15) is 9.90 Å². The van der Waals surface area contributed by atoms with Crippen molar-refractivity contribution in [2.24, 2.45) is 0 Å². The molecule has 0 saturated carbocycles. The molecular weight excluding hydrogens is 292 g/mol. The van der Waals surface area contributed by atoms with Crippen molar-refractivity contribution in [3.8, 4) is 11.5 Å². The molecule has 0 aliphatic rings. The van der Waals surface area contributed by atoms with Crippen LogP contribution >= 0.6 is 0 Å². The van der Waals surface area contributed by atoms with E-state index in [1.165, 1.54) is 0 Å². The number of ether oxygens (including phenoxy) is 1. The molecule has 3 nitrogen and oxygen atoms in total. The monoisotopic (exact) mass is 316 g/mol. The second-order valence-electron chi connectivity index (χ2n) is 6.08. The van der Waals surface area contributed by atoms with Crippen molar-refractivity contribution in [2.45, 2.75) is 38.6 Å². The summed E-state index contributed by atoms with van der Waals surface area (Å²) in [5.74, 6) is 2.71. The highest BCUT2D eigenvalue weighted by atomic mass is 28.3. The molecule has 0 fully saturated rings. The van der Waals surface area contributed by atoms with Gasteiger partial charge < -0.3 is 9.84 Å². The highest BCUT2D eigenvalue weighted by Gasteiger charge is 2.08. The van der Waals surface area contributed by atoms with Gasteiger partial charge in [0.25, 0.3) is 0 Å². The molecule has 118 valence electrons. The molecule has 0 bridgehead atoms. The number of aliphatic hydroxyl groups excluding tert-OH is 1. The fourth-order valence-electron chi connectivity index (χ4n) is 1.62. The Morgan fingerprint density at radius 1 is 1.27 bits per heavy atom. The lowest BCUT2D eigenvalue weighted by Crippen LogP contribution is -2.16. The highest BCUT2D eigenvalue weighted by molar-refractivity contribution is 6.83. The van der Waals surface area contributed by atoms with Gasteiger partial charge in [0.2, 0.25) is 0 Å². The van der Waals surface area contributed by atoms with Crippen LogP contribution in [-0.2, 0) is 4.74 Å². The van der Waals surface area contributed by atoms with Crippen LogP contribution in [0.25, 0.3) is 0 Å². The Kier molecular flexibility index (Phi) is 7.65. The molecule has 0 radical (unpaired) electrons. The van der Waals surface area contributed by atoms with Gasteiger partial charge in [-0.2, -0.15) is 0 Å². The third kappa shape index (κ3) is 8.45. The predicted molar refractivity (Wildman–Crippen MR) is 92.2 cm³/mol. The van der Waals surface area contributed by atoms with E-state index in [4.69, 9.17) is 4.74 Å². The van der Waals surface area contributed by atoms with Gasteiger partial charge in [-0.25, -0.2) is 4.79 Å². The maximum Gasteiger partial charge on any atom is 0.338 e. The first-order valence-electron chi connectivity index (χ1n) is 7.44. The minimum Gasteiger partial charge on any atom is -0.458 e. The molecule has 0 saturated heterocycles. The van der Waals surface area contributed by atoms with Crippen LogP contribution in [0.1, 0.15) is 23.2 Å². The summed E-state index contributed by atoms with van der Waals surface area (Å²) in [6.45, 7) is 6.73. The Bertz CT molecular complexity index is 547. The second kappa shape index (κ2) is 9.24. The molecular formula is C18H24O3Si.